The molecule has 3 aliphatic rings. The summed E-state index contributed by atoms with van der Waals surface area (Å²) in [5.74, 6) is -3.68. The van der Waals surface area contributed by atoms with Gasteiger partial charge >= 0.3 is 6.18 Å². The van der Waals surface area contributed by atoms with Gasteiger partial charge in [0.25, 0.3) is 11.3 Å². The molecule has 38 heavy (non-hydrogen) atoms. The first-order chi connectivity index (χ1) is 17.9. The first-order valence-corrected chi connectivity index (χ1v) is 13.3. The Morgan fingerprint density at radius 1 is 1.26 bits per heavy atom. The molecule has 1 saturated heterocycles. The number of piperazine rings is 1. The van der Waals surface area contributed by atoms with Crippen LogP contribution in [0.2, 0.25) is 5.02 Å². The maximum atomic E-state index is 13.3. The zero-order valence-electron chi connectivity index (χ0n) is 20.3. The zero-order valence-corrected chi connectivity index (χ0v) is 21.8. The maximum Gasteiger partial charge on any atom is 0.392 e. The lowest BCUT2D eigenvalue weighted by Gasteiger charge is -2.43. The van der Waals surface area contributed by atoms with Crippen LogP contribution in [0.3, 0.4) is 0 Å². The van der Waals surface area contributed by atoms with E-state index >= 15 is 0 Å². The van der Waals surface area contributed by atoms with Gasteiger partial charge in [-0.05, 0) is 30.7 Å². The molecule has 1 aliphatic heterocycles. The van der Waals surface area contributed by atoms with Gasteiger partial charge in [0.2, 0.25) is 0 Å². The van der Waals surface area contributed by atoms with E-state index in [4.69, 9.17) is 11.6 Å². The number of aromatic nitrogens is 1. The van der Waals surface area contributed by atoms with Crippen LogP contribution in [0.5, 0.6) is 0 Å². The van der Waals surface area contributed by atoms with Crippen LogP contribution in [0.4, 0.5) is 24.0 Å². The number of hydrogen-bond acceptors (Lipinski definition) is 9. The number of hydrogen-bond donors (Lipinski definition) is 1. The van der Waals surface area contributed by atoms with Gasteiger partial charge < -0.3 is 14.9 Å². The Balaban J connectivity index is 1.31. The molecule has 1 saturated carbocycles. The van der Waals surface area contributed by atoms with Crippen molar-refractivity contribution in [1.82, 2.24) is 9.88 Å². The van der Waals surface area contributed by atoms with Crippen molar-refractivity contribution in [2.24, 2.45) is 17.8 Å². The lowest BCUT2D eigenvalue weighted by Crippen LogP contribution is -2.55. The number of β-amino-alcohol motifs (C(OH)–C–C–N with tert-alkyl or cyclic N) is 1. The Hall–Kier alpha value is -2.74. The zero-order chi connectivity index (χ0) is 27.4. The van der Waals surface area contributed by atoms with Gasteiger partial charge in [0.05, 0.1) is 22.0 Å². The van der Waals surface area contributed by atoms with Gasteiger partial charge in [0.1, 0.15) is 10.8 Å². The lowest BCUT2D eigenvalue weighted by atomic mass is 9.61. The molecule has 4 atom stereocenters. The number of anilines is 2. The molecule has 0 amide bonds. The first-order valence-electron chi connectivity index (χ1n) is 12.1. The van der Waals surface area contributed by atoms with Crippen LogP contribution in [0.15, 0.2) is 29.1 Å². The van der Waals surface area contributed by atoms with E-state index < -0.39 is 40.6 Å². The predicted molar refractivity (Wildman–Crippen MR) is 138 cm³/mol. The minimum absolute atomic E-state index is 0.104. The SMILES string of the molecule is CN(c1ccc(Cl)cc1)C(O)CN1CCN(c2nc(=O)c3c(s2)=C([N+](=O)[O-])C2CC(C(F)(F)F)C2C=3)CC1. The number of fused-ring (bicyclic) bond motifs is 2. The molecule has 9 nitrogen and oxygen atoms in total. The van der Waals surface area contributed by atoms with Crippen molar-refractivity contribution in [2.45, 2.75) is 18.8 Å². The maximum absolute atomic E-state index is 13.3. The highest BCUT2D eigenvalue weighted by atomic mass is 35.5. The molecule has 2 aliphatic carbocycles. The van der Waals surface area contributed by atoms with E-state index in [1.807, 2.05) is 17.0 Å². The number of aliphatic hydroxyl groups excluding tert-OH is 1. The van der Waals surface area contributed by atoms with E-state index in [9.17, 15) is 33.2 Å². The molecule has 4 unspecified atom stereocenters. The normalized spacial score (nSPS) is 24.1. The van der Waals surface area contributed by atoms with E-state index in [0.717, 1.165) is 17.0 Å². The molecule has 0 radical (unpaired) electrons. The highest BCUT2D eigenvalue weighted by Gasteiger charge is 2.59. The van der Waals surface area contributed by atoms with Crippen molar-refractivity contribution in [3.63, 3.8) is 0 Å². The topological polar surface area (TPSA) is 103 Å². The van der Waals surface area contributed by atoms with E-state index in [1.54, 1.807) is 24.1 Å². The number of alkyl halides is 3. The largest absolute Gasteiger partial charge is 0.392 e. The molecular weight excluding hydrogens is 547 g/mol. The minimum atomic E-state index is -4.48. The summed E-state index contributed by atoms with van der Waals surface area (Å²) in [7, 11) is 1.78. The Kier molecular flexibility index (Phi) is 7.14. The van der Waals surface area contributed by atoms with Crippen molar-refractivity contribution >= 4 is 45.5 Å². The molecule has 14 heteroatoms. The highest BCUT2D eigenvalue weighted by Crippen LogP contribution is 2.53. The molecule has 5 rings (SSSR count). The monoisotopic (exact) mass is 571 g/mol. The van der Waals surface area contributed by atoms with E-state index in [0.29, 0.717) is 42.9 Å². The van der Waals surface area contributed by atoms with Crippen molar-refractivity contribution in [2.75, 3.05) is 49.6 Å². The van der Waals surface area contributed by atoms with Crippen LogP contribution >= 0.6 is 22.9 Å². The average molecular weight is 572 g/mol. The molecule has 0 spiro atoms. The van der Waals surface area contributed by atoms with Crippen molar-refractivity contribution in [3.05, 3.63) is 59.5 Å². The first kappa shape index (κ1) is 26.9. The van der Waals surface area contributed by atoms with Crippen LogP contribution in [-0.2, 0) is 0 Å². The second-order valence-electron chi connectivity index (χ2n) is 9.78. The Bertz CT molecular complexity index is 1410. The standard InChI is InChI=1S/C24H25ClF3N5O4S/c1-30(14-4-2-13(25)3-5-14)19(34)12-31-6-8-32(9-7-31)23-29-22(35)17-10-15-16(11-18(15)24(26,27)28)20(33(36)37)21(17)38-23/h2-5,10,15-16,18-19,34H,6-9,11-12H2,1H3. The van der Waals surface area contributed by atoms with Gasteiger partial charge in [0.15, 0.2) is 5.13 Å². The summed E-state index contributed by atoms with van der Waals surface area (Å²) in [4.78, 5) is 33.8. The third-order valence-electron chi connectivity index (χ3n) is 7.61. The van der Waals surface area contributed by atoms with Gasteiger partial charge in [0, 0.05) is 56.4 Å². The van der Waals surface area contributed by atoms with Crippen LogP contribution in [0, 0.1) is 27.9 Å². The van der Waals surface area contributed by atoms with Crippen LogP contribution in [0.1, 0.15) is 6.42 Å². The van der Waals surface area contributed by atoms with Crippen molar-refractivity contribution < 1.29 is 23.2 Å². The summed E-state index contributed by atoms with van der Waals surface area (Å²) in [6.07, 6.45) is -4.37. The second kappa shape index (κ2) is 10.1. The van der Waals surface area contributed by atoms with E-state index in [2.05, 4.69) is 9.88 Å². The van der Waals surface area contributed by atoms with E-state index in [1.165, 1.54) is 6.08 Å². The van der Waals surface area contributed by atoms with Crippen molar-refractivity contribution in [1.29, 1.82) is 0 Å². The third-order valence-corrected chi connectivity index (χ3v) is 9.03. The van der Waals surface area contributed by atoms with Gasteiger partial charge in [-0.3, -0.25) is 19.8 Å². The molecule has 1 N–H and O–H groups in total. The smallest absolute Gasteiger partial charge is 0.372 e. The number of halogens is 4. The lowest BCUT2D eigenvalue weighted by molar-refractivity contribution is -0.392. The molecule has 2 aromatic rings. The fraction of sp³-hybridized carbons (Fsp3) is 0.500. The Morgan fingerprint density at radius 3 is 2.53 bits per heavy atom. The van der Waals surface area contributed by atoms with Gasteiger partial charge in [-0.15, -0.1) is 0 Å². The third kappa shape index (κ3) is 4.99. The summed E-state index contributed by atoms with van der Waals surface area (Å²) in [5, 5.41) is 23.4. The molecule has 2 fully saturated rings. The molecule has 204 valence electrons. The van der Waals surface area contributed by atoms with Crippen LogP contribution < -0.4 is 25.1 Å². The molecule has 1 aromatic carbocycles. The molecule has 2 heterocycles. The van der Waals surface area contributed by atoms with Crippen LogP contribution in [-0.4, -0.2) is 72.1 Å². The van der Waals surface area contributed by atoms with Gasteiger partial charge in [-0.1, -0.05) is 29.0 Å². The highest BCUT2D eigenvalue weighted by molar-refractivity contribution is 7.13. The number of nitrogens with zero attached hydrogens (tertiary/aromatic N) is 5. The fourth-order valence-electron chi connectivity index (χ4n) is 5.34. The number of rotatable bonds is 6. The summed E-state index contributed by atoms with van der Waals surface area (Å²) >= 11 is 6.92. The summed E-state index contributed by atoms with van der Waals surface area (Å²) in [6, 6.07) is 7.12. The summed E-state index contributed by atoms with van der Waals surface area (Å²) in [6.45, 7) is 2.43. The van der Waals surface area contributed by atoms with Crippen molar-refractivity contribution in [3.8, 4) is 0 Å². The van der Waals surface area contributed by atoms with Gasteiger partial charge in [-0.25, -0.2) is 0 Å². The molecule has 0 bridgehead atoms. The Morgan fingerprint density at radius 2 is 1.92 bits per heavy atom. The number of nitro groups is 1. The summed E-state index contributed by atoms with van der Waals surface area (Å²) < 4.78 is 40.1. The number of likely N-dealkylation sites (N-methyl/N-ethyl adjacent to an activating group) is 1. The second-order valence-corrected chi connectivity index (χ2v) is 11.2. The quantitative estimate of drug-likeness (QED) is 0.318. The Labute approximate surface area is 224 Å². The van der Waals surface area contributed by atoms with Crippen LogP contribution in [0.25, 0.3) is 11.8 Å². The molecule has 1 aromatic heterocycles. The summed E-state index contributed by atoms with van der Waals surface area (Å²) in [5.41, 5.74) is -0.249. The van der Waals surface area contributed by atoms with E-state index in [-0.39, 0.29) is 21.9 Å². The number of benzene rings is 1. The van der Waals surface area contributed by atoms with Gasteiger partial charge in [-0.2, -0.15) is 18.2 Å². The number of aliphatic hydroxyl groups is 1. The predicted octanol–water partition coefficient (Wildman–Crippen LogP) is 1.73. The molecular formula is C24H25ClF3N5O4S. The fourth-order valence-corrected chi connectivity index (χ4v) is 6.68. The minimum Gasteiger partial charge on any atom is -0.372 e. The average Bonchev–Trinajstić information content (AvgIpc) is 2.84.